The predicted molar refractivity (Wildman–Crippen MR) is 122 cm³/mol. The van der Waals surface area contributed by atoms with Crippen molar-refractivity contribution in [3.8, 4) is 22.8 Å². The average molecular weight is 431 g/mol. The van der Waals surface area contributed by atoms with Crippen LogP contribution in [-0.4, -0.2) is 27.8 Å². The maximum absolute atomic E-state index is 12.3. The molecule has 3 aromatic carbocycles. The summed E-state index contributed by atoms with van der Waals surface area (Å²) in [5, 5.41) is 8.87. The van der Waals surface area contributed by atoms with Crippen molar-refractivity contribution in [1.82, 2.24) is 14.8 Å². The number of aryl methyl sites for hydroxylation is 1. The zero-order valence-electron chi connectivity index (χ0n) is 17.2. The van der Waals surface area contributed by atoms with Crippen LogP contribution in [0.3, 0.4) is 0 Å². The van der Waals surface area contributed by atoms with Crippen molar-refractivity contribution >= 4 is 17.7 Å². The predicted octanol–water partition coefficient (Wildman–Crippen LogP) is 4.57. The molecule has 0 fully saturated rings. The van der Waals surface area contributed by atoms with Crippen LogP contribution in [0, 0.1) is 6.92 Å². The van der Waals surface area contributed by atoms with Gasteiger partial charge in [0, 0.05) is 11.3 Å². The summed E-state index contributed by atoms with van der Waals surface area (Å²) in [6, 6.07) is 25.2. The van der Waals surface area contributed by atoms with Gasteiger partial charge in [-0.25, -0.2) is 0 Å². The Hall–Kier alpha value is -3.58. The molecule has 1 aromatic heterocycles. The molecule has 4 aromatic rings. The van der Waals surface area contributed by atoms with Crippen molar-refractivity contribution in [3.05, 3.63) is 90.0 Å². The highest BCUT2D eigenvalue weighted by atomic mass is 32.2. The maximum atomic E-state index is 12.3. The smallest absolute Gasteiger partial charge is 0.235 e. The van der Waals surface area contributed by atoms with Gasteiger partial charge in [0.05, 0.1) is 7.11 Å². The molecule has 0 spiro atoms. The lowest BCUT2D eigenvalue weighted by Crippen LogP contribution is -2.19. The van der Waals surface area contributed by atoms with Crippen molar-refractivity contribution in [2.45, 2.75) is 17.3 Å². The molecule has 7 heteroatoms. The molecule has 31 heavy (non-hydrogen) atoms. The first-order chi connectivity index (χ1) is 15.1. The molecule has 1 unspecified atom stereocenters. The lowest BCUT2D eigenvalue weighted by molar-refractivity contribution is -0.117. The van der Waals surface area contributed by atoms with Gasteiger partial charge in [-0.2, -0.15) is 0 Å². The number of benzene rings is 3. The number of nitrogens with two attached hydrogens (primary N) is 1. The Balaban J connectivity index is 1.81. The van der Waals surface area contributed by atoms with E-state index in [4.69, 9.17) is 10.5 Å². The number of carbonyl (C=O) groups is 1. The quantitative estimate of drug-likeness (QED) is 0.434. The molecule has 1 heterocycles. The van der Waals surface area contributed by atoms with E-state index in [9.17, 15) is 4.79 Å². The molecule has 0 saturated carbocycles. The van der Waals surface area contributed by atoms with Gasteiger partial charge in [-0.05, 0) is 48.9 Å². The van der Waals surface area contributed by atoms with E-state index in [-0.39, 0.29) is 0 Å². The van der Waals surface area contributed by atoms with E-state index in [1.165, 1.54) is 11.8 Å². The highest BCUT2D eigenvalue weighted by molar-refractivity contribution is 8.00. The summed E-state index contributed by atoms with van der Waals surface area (Å²) in [5.74, 6) is 1.00. The number of amides is 1. The summed E-state index contributed by atoms with van der Waals surface area (Å²) >= 11 is 1.29. The third-order valence-corrected chi connectivity index (χ3v) is 6.07. The topological polar surface area (TPSA) is 83.0 Å². The summed E-state index contributed by atoms with van der Waals surface area (Å²) in [6.45, 7) is 2.04. The summed E-state index contributed by atoms with van der Waals surface area (Å²) in [7, 11) is 1.63. The fourth-order valence-electron chi connectivity index (χ4n) is 3.22. The maximum Gasteiger partial charge on any atom is 0.235 e. The zero-order chi connectivity index (χ0) is 21.8. The van der Waals surface area contributed by atoms with Crippen LogP contribution < -0.4 is 10.5 Å². The van der Waals surface area contributed by atoms with Gasteiger partial charge in [-0.3, -0.25) is 9.36 Å². The van der Waals surface area contributed by atoms with Gasteiger partial charge in [0.1, 0.15) is 11.0 Å². The number of methoxy groups -OCH3 is 1. The van der Waals surface area contributed by atoms with Gasteiger partial charge in [0.25, 0.3) is 0 Å². The number of hydrogen-bond donors (Lipinski definition) is 1. The minimum Gasteiger partial charge on any atom is -0.497 e. The molecule has 2 N–H and O–H groups in total. The number of ether oxygens (including phenoxy) is 1. The zero-order valence-corrected chi connectivity index (χ0v) is 18.0. The highest BCUT2D eigenvalue weighted by Gasteiger charge is 2.25. The number of aromatic nitrogens is 3. The van der Waals surface area contributed by atoms with E-state index in [1.807, 2.05) is 90.4 Å². The van der Waals surface area contributed by atoms with Crippen molar-refractivity contribution < 1.29 is 9.53 Å². The number of thioether (sulfide) groups is 1. The summed E-state index contributed by atoms with van der Waals surface area (Å²) < 4.78 is 7.22. The van der Waals surface area contributed by atoms with E-state index in [0.29, 0.717) is 11.0 Å². The molecule has 0 saturated heterocycles. The van der Waals surface area contributed by atoms with Gasteiger partial charge in [0.2, 0.25) is 5.91 Å². The number of rotatable bonds is 7. The Kier molecular flexibility index (Phi) is 6.04. The van der Waals surface area contributed by atoms with Crippen LogP contribution in [0.1, 0.15) is 16.4 Å². The SMILES string of the molecule is COc1ccc(-c2nnc(SC(C(N)=O)c3ccccc3)n2-c2ccc(C)cc2)cc1. The minimum atomic E-state index is -0.585. The molecule has 0 radical (unpaired) electrons. The third kappa shape index (κ3) is 4.46. The number of hydrogen-bond acceptors (Lipinski definition) is 5. The van der Waals surface area contributed by atoms with Crippen molar-refractivity contribution in [2.24, 2.45) is 5.73 Å². The number of nitrogens with zero attached hydrogens (tertiary/aromatic N) is 3. The van der Waals surface area contributed by atoms with Crippen molar-refractivity contribution in [2.75, 3.05) is 7.11 Å². The van der Waals surface area contributed by atoms with Crippen LogP contribution in [0.4, 0.5) is 0 Å². The van der Waals surface area contributed by atoms with E-state index in [1.54, 1.807) is 7.11 Å². The molecule has 0 aliphatic rings. The molecule has 0 bridgehead atoms. The highest BCUT2D eigenvalue weighted by Crippen LogP contribution is 2.37. The fraction of sp³-hybridized carbons (Fsp3) is 0.125. The van der Waals surface area contributed by atoms with Gasteiger partial charge in [-0.1, -0.05) is 59.8 Å². The first-order valence-electron chi connectivity index (χ1n) is 9.74. The monoisotopic (exact) mass is 430 g/mol. The summed E-state index contributed by atoms with van der Waals surface area (Å²) in [5.41, 5.74) is 9.51. The van der Waals surface area contributed by atoms with Crippen molar-refractivity contribution in [3.63, 3.8) is 0 Å². The Bertz CT molecular complexity index is 1170. The van der Waals surface area contributed by atoms with Gasteiger partial charge in [0.15, 0.2) is 11.0 Å². The molecule has 156 valence electrons. The second-order valence-electron chi connectivity index (χ2n) is 7.02. The lowest BCUT2D eigenvalue weighted by atomic mass is 10.1. The Morgan fingerprint density at radius 2 is 1.65 bits per heavy atom. The normalized spacial score (nSPS) is 11.8. The van der Waals surface area contributed by atoms with Crippen LogP contribution in [0.5, 0.6) is 5.75 Å². The van der Waals surface area contributed by atoms with E-state index < -0.39 is 11.2 Å². The molecule has 4 rings (SSSR count). The molecular formula is C24H22N4O2S. The number of carbonyl (C=O) groups excluding carboxylic acids is 1. The van der Waals surface area contributed by atoms with Gasteiger partial charge >= 0.3 is 0 Å². The van der Waals surface area contributed by atoms with E-state index in [0.717, 1.165) is 28.1 Å². The van der Waals surface area contributed by atoms with Crippen LogP contribution in [0.2, 0.25) is 0 Å². The first-order valence-corrected chi connectivity index (χ1v) is 10.6. The van der Waals surface area contributed by atoms with Gasteiger partial charge < -0.3 is 10.5 Å². The van der Waals surface area contributed by atoms with E-state index >= 15 is 0 Å². The van der Waals surface area contributed by atoms with Gasteiger partial charge in [-0.15, -0.1) is 10.2 Å². The first kappa shape index (κ1) is 20.7. The standard InChI is InChI=1S/C24H22N4O2S/c1-16-8-12-19(13-9-16)28-23(18-10-14-20(30-2)15-11-18)26-27-24(28)31-21(22(25)29)17-6-4-3-5-7-17/h3-15,21H,1-2H3,(H2,25,29). The van der Waals surface area contributed by atoms with Crippen LogP contribution in [0.25, 0.3) is 17.1 Å². The lowest BCUT2D eigenvalue weighted by Gasteiger charge is -2.15. The molecule has 0 aliphatic heterocycles. The van der Waals surface area contributed by atoms with Crippen LogP contribution in [-0.2, 0) is 4.79 Å². The second kappa shape index (κ2) is 9.06. The number of primary amides is 1. The molecule has 0 aliphatic carbocycles. The van der Waals surface area contributed by atoms with E-state index in [2.05, 4.69) is 10.2 Å². The minimum absolute atomic E-state index is 0.430. The second-order valence-corrected chi connectivity index (χ2v) is 8.09. The van der Waals surface area contributed by atoms with Crippen LogP contribution in [0.15, 0.2) is 84.0 Å². The Morgan fingerprint density at radius 3 is 2.26 bits per heavy atom. The molecular weight excluding hydrogens is 408 g/mol. The van der Waals surface area contributed by atoms with Crippen LogP contribution >= 0.6 is 11.8 Å². The largest absolute Gasteiger partial charge is 0.497 e. The summed E-state index contributed by atoms with van der Waals surface area (Å²) in [6.07, 6.45) is 0. The molecule has 1 atom stereocenters. The Morgan fingerprint density at radius 1 is 0.968 bits per heavy atom. The molecule has 1 amide bonds. The Labute approximate surface area is 185 Å². The third-order valence-electron chi connectivity index (χ3n) is 4.86. The average Bonchev–Trinajstić information content (AvgIpc) is 3.22. The summed E-state index contributed by atoms with van der Waals surface area (Å²) in [4.78, 5) is 12.3. The van der Waals surface area contributed by atoms with Crippen molar-refractivity contribution in [1.29, 1.82) is 0 Å². The fourth-order valence-corrected chi connectivity index (χ4v) is 4.23. The molecule has 6 nitrogen and oxygen atoms in total.